The molecule has 0 spiro atoms. The number of rotatable bonds is 5. The monoisotopic (exact) mass is 453 g/mol. The summed E-state index contributed by atoms with van der Waals surface area (Å²) in [5, 5.41) is 4.64. The molecular formula is C23H23N3O5S. The van der Waals surface area contributed by atoms with E-state index in [0.717, 1.165) is 16.7 Å². The SMILES string of the molecule is CCNC(=S)N(Cc1ccc2c(c1)OCO2)Cc1cc2cc3c(cc2[nH]c1=O)OCCO3. The zero-order chi connectivity index (χ0) is 22.1. The lowest BCUT2D eigenvalue weighted by atomic mass is 10.1. The number of thiocarbonyl (C=S) groups is 1. The zero-order valence-electron chi connectivity index (χ0n) is 17.6. The molecule has 0 saturated carbocycles. The number of hydrogen-bond donors (Lipinski definition) is 2. The second kappa shape index (κ2) is 8.58. The van der Waals surface area contributed by atoms with Crippen LogP contribution in [0.5, 0.6) is 23.0 Å². The standard InChI is InChI=1S/C23H23N3O5S/c1-2-24-23(32)26(11-14-3-4-18-19(7-14)31-13-30-18)12-16-8-15-9-20-21(29-6-5-28-20)10-17(15)25-22(16)27/h3-4,7-10H,2,5-6,11-13H2,1H3,(H,24,32)(H,25,27). The van der Waals surface area contributed by atoms with Gasteiger partial charge in [0.05, 0.1) is 12.1 Å². The Labute approximate surface area is 190 Å². The Morgan fingerprint density at radius 2 is 1.75 bits per heavy atom. The highest BCUT2D eigenvalue weighted by atomic mass is 32.1. The molecule has 3 heterocycles. The number of aromatic amines is 1. The lowest BCUT2D eigenvalue weighted by Crippen LogP contribution is -2.39. The van der Waals surface area contributed by atoms with E-state index < -0.39 is 0 Å². The molecule has 0 bridgehead atoms. The molecule has 0 fully saturated rings. The maximum absolute atomic E-state index is 12.9. The normalized spacial score (nSPS) is 13.8. The first-order chi connectivity index (χ1) is 15.6. The molecule has 0 atom stereocenters. The van der Waals surface area contributed by atoms with E-state index in [1.165, 1.54) is 0 Å². The van der Waals surface area contributed by atoms with Gasteiger partial charge in [-0.2, -0.15) is 0 Å². The second-order valence-corrected chi connectivity index (χ2v) is 7.97. The number of pyridine rings is 1. The van der Waals surface area contributed by atoms with Crippen molar-refractivity contribution in [3.63, 3.8) is 0 Å². The third kappa shape index (κ3) is 4.03. The molecule has 2 aromatic carbocycles. The predicted octanol–water partition coefficient (Wildman–Crippen LogP) is 2.92. The molecule has 0 radical (unpaired) electrons. The van der Waals surface area contributed by atoms with Gasteiger partial charge < -0.3 is 34.1 Å². The third-order valence-electron chi connectivity index (χ3n) is 5.37. The van der Waals surface area contributed by atoms with Crippen LogP contribution >= 0.6 is 12.2 Å². The van der Waals surface area contributed by atoms with Gasteiger partial charge in [-0.25, -0.2) is 0 Å². The fourth-order valence-electron chi connectivity index (χ4n) is 3.83. The molecule has 8 nitrogen and oxygen atoms in total. The smallest absolute Gasteiger partial charge is 0.253 e. The molecule has 5 rings (SSSR count). The summed E-state index contributed by atoms with van der Waals surface area (Å²) in [6.07, 6.45) is 0. The van der Waals surface area contributed by atoms with Gasteiger partial charge in [-0.05, 0) is 49.0 Å². The summed E-state index contributed by atoms with van der Waals surface area (Å²) in [5.74, 6) is 2.77. The van der Waals surface area contributed by atoms with E-state index in [4.69, 9.17) is 31.2 Å². The number of nitrogens with zero attached hydrogens (tertiary/aromatic N) is 1. The van der Waals surface area contributed by atoms with E-state index in [9.17, 15) is 4.79 Å². The van der Waals surface area contributed by atoms with Crippen LogP contribution in [0, 0.1) is 0 Å². The first kappa shape index (κ1) is 20.4. The second-order valence-electron chi connectivity index (χ2n) is 7.59. The molecule has 3 aromatic rings. The van der Waals surface area contributed by atoms with E-state index in [2.05, 4.69) is 10.3 Å². The molecule has 2 N–H and O–H groups in total. The van der Waals surface area contributed by atoms with Crippen molar-refractivity contribution in [3.8, 4) is 23.0 Å². The van der Waals surface area contributed by atoms with Gasteiger partial charge in [0.15, 0.2) is 28.1 Å². The van der Waals surface area contributed by atoms with Gasteiger partial charge in [0.2, 0.25) is 6.79 Å². The maximum Gasteiger partial charge on any atom is 0.253 e. The summed E-state index contributed by atoms with van der Waals surface area (Å²) in [6, 6.07) is 11.4. The largest absolute Gasteiger partial charge is 0.486 e. The van der Waals surface area contributed by atoms with Crippen LogP contribution in [0.25, 0.3) is 10.9 Å². The van der Waals surface area contributed by atoms with E-state index in [1.54, 1.807) is 0 Å². The van der Waals surface area contributed by atoms with E-state index in [0.29, 0.717) is 66.3 Å². The number of fused-ring (bicyclic) bond motifs is 3. The van der Waals surface area contributed by atoms with Crippen molar-refractivity contribution in [2.75, 3.05) is 26.6 Å². The van der Waals surface area contributed by atoms with Gasteiger partial charge in [0, 0.05) is 30.1 Å². The summed E-state index contributed by atoms with van der Waals surface area (Å²) < 4.78 is 22.2. The first-order valence-corrected chi connectivity index (χ1v) is 10.9. The molecule has 1 aromatic heterocycles. The van der Waals surface area contributed by atoms with Crippen LogP contribution < -0.4 is 29.8 Å². The van der Waals surface area contributed by atoms with Gasteiger partial charge >= 0.3 is 0 Å². The van der Waals surface area contributed by atoms with E-state index in [1.807, 2.05) is 48.2 Å². The Morgan fingerprint density at radius 1 is 1.00 bits per heavy atom. The van der Waals surface area contributed by atoms with E-state index >= 15 is 0 Å². The number of nitrogens with one attached hydrogen (secondary N) is 2. The van der Waals surface area contributed by atoms with Gasteiger partial charge in [-0.1, -0.05) is 6.07 Å². The lowest BCUT2D eigenvalue weighted by Gasteiger charge is -2.26. The maximum atomic E-state index is 12.9. The molecule has 0 saturated heterocycles. The van der Waals surface area contributed by atoms with Crippen molar-refractivity contribution in [1.29, 1.82) is 0 Å². The minimum atomic E-state index is -0.163. The topological polar surface area (TPSA) is 85.1 Å². The van der Waals surface area contributed by atoms with Gasteiger partial charge in [-0.15, -0.1) is 0 Å². The van der Waals surface area contributed by atoms with Crippen LogP contribution in [0.3, 0.4) is 0 Å². The molecule has 2 aliphatic rings. The Morgan fingerprint density at radius 3 is 2.56 bits per heavy atom. The van der Waals surface area contributed by atoms with Crippen molar-refractivity contribution in [3.05, 3.63) is 57.9 Å². The van der Waals surface area contributed by atoms with Crippen molar-refractivity contribution < 1.29 is 18.9 Å². The molecular weight excluding hydrogens is 430 g/mol. The van der Waals surface area contributed by atoms with Crippen molar-refractivity contribution in [1.82, 2.24) is 15.2 Å². The average Bonchev–Trinajstić information content (AvgIpc) is 3.26. The van der Waals surface area contributed by atoms with Crippen molar-refractivity contribution >= 4 is 28.2 Å². The lowest BCUT2D eigenvalue weighted by molar-refractivity contribution is 0.172. The highest BCUT2D eigenvalue weighted by Gasteiger charge is 2.18. The molecule has 2 aliphatic heterocycles. The third-order valence-corrected chi connectivity index (χ3v) is 5.77. The summed E-state index contributed by atoms with van der Waals surface area (Å²) >= 11 is 5.60. The molecule has 0 unspecified atom stereocenters. The van der Waals surface area contributed by atoms with Crippen LogP contribution in [0.4, 0.5) is 0 Å². The molecule has 166 valence electrons. The Hall–Kier alpha value is -3.46. The number of H-pyrrole nitrogens is 1. The number of ether oxygens (including phenoxy) is 4. The van der Waals surface area contributed by atoms with Crippen molar-refractivity contribution in [2.45, 2.75) is 20.0 Å². The van der Waals surface area contributed by atoms with Crippen LogP contribution in [0.2, 0.25) is 0 Å². The molecule has 9 heteroatoms. The fraction of sp³-hybridized carbons (Fsp3) is 0.304. The quantitative estimate of drug-likeness (QED) is 0.571. The minimum absolute atomic E-state index is 0.163. The Kier molecular flexibility index (Phi) is 5.48. The summed E-state index contributed by atoms with van der Waals surface area (Å²) in [6.45, 7) is 4.77. The fourth-order valence-corrected chi connectivity index (χ4v) is 4.11. The number of benzene rings is 2. The summed E-state index contributed by atoms with van der Waals surface area (Å²) in [5.41, 5.74) is 2.16. The van der Waals surface area contributed by atoms with Crippen molar-refractivity contribution in [2.24, 2.45) is 0 Å². The van der Waals surface area contributed by atoms with Crippen LogP contribution in [0.15, 0.2) is 41.2 Å². The predicted molar refractivity (Wildman–Crippen MR) is 124 cm³/mol. The van der Waals surface area contributed by atoms with Crippen LogP contribution in [-0.2, 0) is 13.1 Å². The average molecular weight is 454 g/mol. The molecule has 32 heavy (non-hydrogen) atoms. The van der Waals surface area contributed by atoms with Gasteiger partial charge in [0.25, 0.3) is 5.56 Å². The first-order valence-electron chi connectivity index (χ1n) is 10.5. The molecule has 0 amide bonds. The van der Waals surface area contributed by atoms with Crippen LogP contribution in [-0.4, -0.2) is 41.5 Å². The molecule has 0 aliphatic carbocycles. The summed E-state index contributed by atoms with van der Waals surface area (Å²) in [4.78, 5) is 17.8. The van der Waals surface area contributed by atoms with Crippen LogP contribution in [0.1, 0.15) is 18.1 Å². The zero-order valence-corrected chi connectivity index (χ0v) is 18.4. The summed E-state index contributed by atoms with van der Waals surface area (Å²) in [7, 11) is 0. The number of hydrogen-bond acceptors (Lipinski definition) is 6. The highest BCUT2D eigenvalue weighted by Crippen LogP contribution is 2.34. The Balaban J connectivity index is 1.45. The number of aromatic nitrogens is 1. The highest BCUT2D eigenvalue weighted by molar-refractivity contribution is 7.80. The van der Waals surface area contributed by atoms with Gasteiger partial charge in [0.1, 0.15) is 13.2 Å². The van der Waals surface area contributed by atoms with E-state index in [-0.39, 0.29) is 12.4 Å². The minimum Gasteiger partial charge on any atom is -0.486 e. The van der Waals surface area contributed by atoms with Gasteiger partial charge in [-0.3, -0.25) is 4.79 Å². The Bertz CT molecular complexity index is 1240.